The van der Waals surface area contributed by atoms with Crippen molar-refractivity contribution < 1.29 is 18.6 Å². The van der Waals surface area contributed by atoms with Gasteiger partial charge < -0.3 is 0 Å². The van der Waals surface area contributed by atoms with Gasteiger partial charge in [-0.05, 0) is 0 Å². The molecule has 33 valence electrons. The summed E-state index contributed by atoms with van der Waals surface area (Å²) in [5.41, 5.74) is 0. The van der Waals surface area contributed by atoms with Crippen molar-refractivity contribution in [2.45, 2.75) is 0 Å². The zero-order valence-electron chi connectivity index (χ0n) is 3.83. The molecule has 0 unspecified atom stereocenters. The quantitative estimate of drug-likeness (QED) is 0.464. The standard InChI is InChI=1S/C6H5.V/c1-2-4-6-5-3-1;/h1-5H;/q-1;+2. The van der Waals surface area contributed by atoms with Crippen molar-refractivity contribution in [3.05, 3.63) is 36.4 Å². The molecular formula is C6H5V+. The fourth-order valence-corrected chi connectivity index (χ4v) is 0.342. The smallest absolute Gasteiger partial charge is 0.184 e. The Balaban J connectivity index is 0.000000360. The molecule has 1 radical (unpaired) electrons. The second kappa shape index (κ2) is 3.98. The molecule has 0 atom stereocenters. The summed E-state index contributed by atoms with van der Waals surface area (Å²) in [4.78, 5) is 0. The molecule has 0 saturated carbocycles. The zero-order valence-corrected chi connectivity index (χ0v) is 5.23. The summed E-state index contributed by atoms with van der Waals surface area (Å²) in [6.45, 7) is 0. The van der Waals surface area contributed by atoms with Gasteiger partial charge >= 0.3 is 18.6 Å². The Labute approximate surface area is 55.4 Å². The molecule has 1 aromatic rings. The molecule has 0 fully saturated rings. The monoisotopic (exact) mass is 128 g/mol. The van der Waals surface area contributed by atoms with Crippen LogP contribution in [-0.2, 0) is 18.6 Å². The molecule has 0 aliphatic heterocycles. The van der Waals surface area contributed by atoms with E-state index in [4.69, 9.17) is 0 Å². The molecule has 0 aromatic heterocycles. The van der Waals surface area contributed by atoms with E-state index < -0.39 is 0 Å². The van der Waals surface area contributed by atoms with Crippen LogP contribution in [0.25, 0.3) is 0 Å². The number of rotatable bonds is 0. The minimum Gasteiger partial charge on any atom is -0.184 e. The molecule has 7 heavy (non-hydrogen) atoms. The first-order valence-electron chi connectivity index (χ1n) is 1.91. The predicted molar refractivity (Wildman–Crippen MR) is 25.3 cm³/mol. The van der Waals surface area contributed by atoms with Crippen LogP contribution in [0.4, 0.5) is 0 Å². The SMILES string of the molecule is [V+2].[c-]1ccccc1. The molecule has 0 spiro atoms. The van der Waals surface area contributed by atoms with Crippen LogP contribution in [0.15, 0.2) is 30.3 Å². The molecule has 0 nitrogen and oxygen atoms in total. The fourth-order valence-electron chi connectivity index (χ4n) is 0.342. The van der Waals surface area contributed by atoms with Gasteiger partial charge in [0.25, 0.3) is 0 Å². The molecule has 0 aliphatic carbocycles. The van der Waals surface area contributed by atoms with Crippen LogP contribution in [0.5, 0.6) is 0 Å². The molecule has 0 bridgehead atoms. The van der Waals surface area contributed by atoms with E-state index in [-0.39, 0.29) is 18.6 Å². The molecule has 0 N–H and O–H groups in total. The van der Waals surface area contributed by atoms with Crippen molar-refractivity contribution in [3.63, 3.8) is 0 Å². The third-order valence-corrected chi connectivity index (χ3v) is 0.607. The molecular weight excluding hydrogens is 123 g/mol. The van der Waals surface area contributed by atoms with Crippen LogP contribution in [-0.4, -0.2) is 0 Å². The van der Waals surface area contributed by atoms with E-state index in [9.17, 15) is 0 Å². The first-order chi connectivity index (χ1) is 3.00. The third kappa shape index (κ3) is 2.49. The molecule has 0 aliphatic rings. The molecule has 0 heterocycles. The number of benzene rings is 1. The Morgan fingerprint density at radius 1 is 0.857 bits per heavy atom. The Bertz CT molecular complexity index is 76.1. The Morgan fingerprint density at radius 2 is 1.43 bits per heavy atom. The van der Waals surface area contributed by atoms with E-state index in [1.54, 1.807) is 0 Å². The van der Waals surface area contributed by atoms with Crippen molar-refractivity contribution in [1.82, 2.24) is 0 Å². The van der Waals surface area contributed by atoms with Crippen molar-refractivity contribution >= 4 is 0 Å². The van der Waals surface area contributed by atoms with Crippen molar-refractivity contribution in [2.75, 3.05) is 0 Å². The summed E-state index contributed by atoms with van der Waals surface area (Å²) in [7, 11) is 0. The van der Waals surface area contributed by atoms with E-state index in [1.165, 1.54) is 0 Å². The van der Waals surface area contributed by atoms with Gasteiger partial charge in [0, 0.05) is 0 Å². The first-order valence-corrected chi connectivity index (χ1v) is 1.91. The van der Waals surface area contributed by atoms with Crippen molar-refractivity contribution in [3.8, 4) is 0 Å². The van der Waals surface area contributed by atoms with Gasteiger partial charge in [-0.1, -0.05) is 0 Å². The Kier molecular flexibility index (Phi) is 3.87. The molecule has 0 saturated heterocycles. The minimum atomic E-state index is 0. The van der Waals surface area contributed by atoms with Crippen LogP contribution in [0.3, 0.4) is 0 Å². The summed E-state index contributed by atoms with van der Waals surface area (Å²) in [5, 5.41) is 0. The maximum atomic E-state index is 2.89. The Morgan fingerprint density at radius 3 is 1.57 bits per heavy atom. The normalized spacial score (nSPS) is 6.86. The van der Waals surface area contributed by atoms with Crippen LogP contribution in [0.2, 0.25) is 0 Å². The summed E-state index contributed by atoms with van der Waals surface area (Å²) in [6.07, 6.45) is 0. The second-order valence-corrected chi connectivity index (χ2v) is 1.08. The van der Waals surface area contributed by atoms with Gasteiger partial charge in [-0.3, -0.25) is 0 Å². The average molecular weight is 128 g/mol. The van der Waals surface area contributed by atoms with Gasteiger partial charge in [0.15, 0.2) is 0 Å². The van der Waals surface area contributed by atoms with E-state index >= 15 is 0 Å². The summed E-state index contributed by atoms with van der Waals surface area (Å²) >= 11 is 0. The van der Waals surface area contributed by atoms with Crippen LogP contribution in [0, 0.1) is 6.07 Å². The average Bonchev–Trinajstić information content (AvgIpc) is 1.72. The van der Waals surface area contributed by atoms with Gasteiger partial charge in [-0.2, -0.15) is 36.4 Å². The summed E-state index contributed by atoms with van der Waals surface area (Å²) in [6, 6.07) is 12.5. The van der Waals surface area contributed by atoms with Gasteiger partial charge in [0.2, 0.25) is 0 Å². The Hall–Kier alpha value is -0.196. The minimum absolute atomic E-state index is 0. The van der Waals surface area contributed by atoms with E-state index in [2.05, 4.69) is 6.07 Å². The van der Waals surface area contributed by atoms with Crippen LogP contribution < -0.4 is 0 Å². The molecule has 1 heteroatoms. The van der Waals surface area contributed by atoms with E-state index in [0.29, 0.717) is 0 Å². The third-order valence-electron chi connectivity index (χ3n) is 0.607. The first kappa shape index (κ1) is 6.80. The maximum Gasteiger partial charge on any atom is 2.00 e. The largest absolute Gasteiger partial charge is 2.00 e. The van der Waals surface area contributed by atoms with Crippen LogP contribution in [0.1, 0.15) is 0 Å². The topological polar surface area (TPSA) is 0 Å². The van der Waals surface area contributed by atoms with Crippen LogP contribution >= 0.6 is 0 Å². The van der Waals surface area contributed by atoms with Gasteiger partial charge in [-0.25, -0.2) is 0 Å². The second-order valence-electron chi connectivity index (χ2n) is 1.08. The molecule has 0 amide bonds. The zero-order chi connectivity index (χ0) is 4.24. The fraction of sp³-hybridized carbons (Fsp3) is 0. The van der Waals surface area contributed by atoms with Crippen molar-refractivity contribution in [2.24, 2.45) is 0 Å². The molecule has 1 rings (SSSR count). The summed E-state index contributed by atoms with van der Waals surface area (Å²) < 4.78 is 0. The molecule has 1 aromatic carbocycles. The van der Waals surface area contributed by atoms with E-state index in [0.717, 1.165) is 0 Å². The van der Waals surface area contributed by atoms with Gasteiger partial charge in [-0.15, -0.1) is 0 Å². The number of hydrogen-bond acceptors (Lipinski definition) is 0. The maximum absolute atomic E-state index is 2.89. The van der Waals surface area contributed by atoms with E-state index in [1.807, 2.05) is 30.3 Å². The van der Waals surface area contributed by atoms with Gasteiger partial charge in [0.1, 0.15) is 0 Å². The van der Waals surface area contributed by atoms with Gasteiger partial charge in [0.05, 0.1) is 0 Å². The number of hydrogen-bond donors (Lipinski definition) is 0. The van der Waals surface area contributed by atoms with Crippen molar-refractivity contribution in [1.29, 1.82) is 0 Å². The predicted octanol–water partition coefficient (Wildman–Crippen LogP) is 1.48. The summed E-state index contributed by atoms with van der Waals surface area (Å²) in [5.74, 6) is 0.